The molecule has 0 aliphatic carbocycles. The van der Waals surface area contributed by atoms with E-state index in [-0.39, 0.29) is 4.90 Å². The molecule has 10 heteroatoms. The van der Waals surface area contributed by atoms with Gasteiger partial charge in [-0.25, -0.2) is 8.42 Å². The molecule has 2 aromatic rings. The topological polar surface area (TPSA) is 40.6 Å². The first-order chi connectivity index (χ1) is 14.0. The van der Waals surface area contributed by atoms with E-state index in [4.69, 9.17) is 11.6 Å². The molecule has 4 nitrogen and oxygen atoms in total. The fraction of sp³-hybridized carbons (Fsp3) is 0.400. The maximum absolute atomic E-state index is 12.8. The van der Waals surface area contributed by atoms with Crippen molar-refractivity contribution < 1.29 is 21.6 Å². The number of sulfonamides is 1. The zero-order chi connectivity index (χ0) is 22.1. The Morgan fingerprint density at radius 1 is 1.00 bits per heavy atom. The number of benzene rings is 2. The molecule has 30 heavy (non-hydrogen) atoms. The average molecular weight is 479 g/mol. The SMILES string of the molecule is Cc1cc(C)c(N2CCN(S(=O)(=O)c3ccc(Cl)cc3)CC2)cc1SCC(F)(F)F. The third kappa shape index (κ3) is 5.43. The van der Waals surface area contributed by atoms with Crippen LogP contribution in [0.3, 0.4) is 0 Å². The molecule has 1 aliphatic heterocycles. The Morgan fingerprint density at radius 3 is 2.17 bits per heavy atom. The molecule has 1 fully saturated rings. The minimum atomic E-state index is -4.23. The molecular formula is C20H22ClF3N2O2S2. The van der Waals surface area contributed by atoms with Crippen molar-refractivity contribution >= 4 is 39.1 Å². The van der Waals surface area contributed by atoms with Crippen LogP contribution in [-0.2, 0) is 10.0 Å². The molecule has 2 aromatic carbocycles. The molecule has 1 saturated heterocycles. The van der Waals surface area contributed by atoms with E-state index < -0.39 is 22.0 Å². The first-order valence-electron chi connectivity index (χ1n) is 9.29. The predicted molar refractivity (Wildman–Crippen MR) is 115 cm³/mol. The molecule has 0 aromatic heterocycles. The van der Waals surface area contributed by atoms with Crippen molar-refractivity contribution in [1.29, 1.82) is 0 Å². The van der Waals surface area contributed by atoms with Crippen LogP contribution in [0.1, 0.15) is 11.1 Å². The fourth-order valence-corrected chi connectivity index (χ4v) is 5.75. The van der Waals surface area contributed by atoms with E-state index in [1.54, 1.807) is 25.1 Å². The number of thioether (sulfide) groups is 1. The van der Waals surface area contributed by atoms with Crippen molar-refractivity contribution in [3.63, 3.8) is 0 Å². The second-order valence-electron chi connectivity index (χ2n) is 7.15. The van der Waals surface area contributed by atoms with Gasteiger partial charge in [-0.1, -0.05) is 17.7 Å². The highest BCUT2D eigenvalue weighted by Crippen LogP contribution is 2.34. The van der Waals surface area contributed by atoms with E-state index in [2.05, 4.69) is 0 Å². The molecule has 0 bridgehead atoms. The van der Waals surface area contributed by atoms with Gasteiger partial charge in [0, 0.05) is 41.8 Å². The van der Waals surface area contributed by atoms with Gasteiger partial charge in [-0.05, 0) is 55.3 Å². The number of halogens is 4. The van der Waals surface area contributed by atoms with Gasteiger partial charge in [0.25, 0.3) is 0 Å². The maximum Gasteiger partial charge on any atom is 0.398 e. The highest BCUT2D eigenvalue weighted by Gasteiger charge is 2.30. The summed E-state index contributed by atoms with van der Waals surface area (Å²) in [5.41, 5.74) is 2.60. The monoisotopic (exact) mass is 478 g/mol. The summed E-state index contributed by atoms with van der Waals surface area (Å²) in [6.07, 6.45) is -4.23. The summed E-state index contributed by atoms with van der Waals surface area (Å²) >= 11 is 6.62. The molecule has 0 amide bonds. The van der Waals surface area contributed by atoms with Crippen LogP contribution >= 0.6 is 23.4 Å². The number of aryl methyl sites for hydroxylation is 2. The zero-order valence-electron chi connectivity index (χ0n) is 16.5. The van der Waals surface area contributed by atoms with Gasteiger partial charge >= 0.3 is 6.18 Å². The standard InChI is InChI=1S/C20H22ClF3N2O2S2/c1-14-11-15(2)19(29-13-20(22,23)24)12-18(14)25-7-9-26(10-8-25)30(27,28)17-5-3-16(21)4-6-17/h3-6,11-12H,7-10,13H2,1-2H3. The van der Waals surface area contributed by atoms with E-state index in [1.807, 2.05) is 17.9 Å². The van der Waals surface area contributed by atoms with Gasteiger partial charge in [-0.3, -0.25) is 0 Å². The lowest BCUT2D eigenvalue weighted by Gasteiger charge is -2.36. The van der Waals surface area contributed by atoms with E-state index >= 15 is 0 Å². The molecule has 0 N–H and O–H groups in total. The summed E-state index contributed by atoms with van der Waals surface area (Å²) in [5.74, 6) is -0.941. The predicted octanol–water partition coefficient (Wildman–Crippen LogP) is 5.12. The Balaban J connectivity index is 1.73. The fourth-order valence-electron chi connectivity index (χ4n) is 3.40. The minimum Gasteiger partial charge on any atom is -0.369 e. The second kappa shape index (κ2) is 8.98. The van der Waals surface area contributed by atoms with Gasteiger partial charge in [-0.15, -0.1) is 11.8 Å². The Bertz CT molecular complexity index is 1000. The molecule has 3 rings (SSSR count). The normalized spacial score (nSPS) is 16.1. The minimum absolute atomic E-state index is 0.192. The van der Waals surface area contributed by atoms with E-state index in [0.29, 0.717) is 36.1 Å². The molecule has 0 atom stereocenters. The second-order valence-corrected chi connectivity index (χ2v) is 10.5. The number of hydrogen-bond acceptors (Lipinski definition) is 4. The summed E-state index contributed by atoms with van der Waals surface area (Å²) in [7, 11) is -3.62. The van der Waals surface area contributed by atoms with Gasteiger partial charge in [-0.2, -0.15) is 17.5 Å². The highest BCUT2D eigenvalue weighted by atomic mass is 35.5. The van der Waals surface area contributed by atoms with Gasteiger partial charge in [0.05, 0.1) is 10.6 Å². The summed E-state index contributed by atoms with van der Waals surface area (Å²) < 4.78 is 65.0. The lowest BCUT2D eigenvalue weighted by Crippen LogP contribution is -2.48. The third-order valence-corrected chi connectivity index (χ3v) is 8.30. The largest absolute Gasteiger partial charge is 0.398 e. The van der Waals surface area contributed by atoms with E-state index in [9.17, 15) is 21.6 Å². The Morgan fingerprint density at radius 2 is 1.60 bits per heavy atom. The van der Waals surface area contributed by atoms with Gasteiger partial charge in [0.2, 0.25) is 10.0 Å². The van der Waals surface area contributed by atoms with Crippen LogP contribution in [0.4, 0.5) is 18.9 Å². The van der Waals surface area contributed by atoms with E-state index in [1.165, 1.54) is 16.4 Å². The summed E-state index contributed by atoms with van der Waals surface area (Å²) in [5, 5.41) is 0.466. The van der Waals surface area contributed by atoms with Crippen molar-refractivity contribution in [1.82, 2.24) is 4.31 Å². The number of rotatable bonds is 5. The highest BCUT2D eigenvalue weighted by molar-refractivity contribution is 7.99. The molecule has 1 aliphatic rings. The van der Waals surface area contributed by atoms with Gasteiger partial charge < -0.3 is 4.90 Å². The Labute approximate surface area is 184 Å². The lowest BCUT2D eigenvalue weighted by molar-refractivity contribution is -0.105. The third-order valence-electron chi connectivity index (χ3n) is 4.92. The molecular weight excluding hydrogens is 457 g/mol. The number of alkyl halides is 3. The van der Waals surface area contributed by atoms with Crippen LogP contribution < -0.4 is 4.90 Å². The van der Waals surface area contributed by atoms with Crippen LogP contribution in [0.2, 0.25) is 5.02 Å². The number of anilines is 1. The van der Waals surface area contributed by atoms with Crippen LogP contribution in [0.15, 0.2) is 46.2 Å². The molecule has 0 unspecified atom stereocenters. The first-order valence-corrected chi connectivity index (χ1v) is 12.1. The van der Waals surface area contributed by atoms with Crippen molar-refractivity contribution in [2.45, 2.75) is 29.8 Å². The van der Waals surface area contributed by atoms with Gasteiger partial charge in [0.1, 0.15) is 0 Å². The van der Waals surface area contributed by atoms with Crippen LogP contribution in [-0.4, -0.2) is 50.8 Å². The molecule has 0 spiro atoms. The number of hydrogen-bond donors (Lipinski definition) is 0. The maximum atomic E-state index is 12.8. The van der Waals surface area contributed by atoms with Crippen molar-refractivity contribution in [3.8, 4) is 0 Å². The van der Waals surface area contributed by atoms with Crippen LogP contribution in [0.25, 0.3) is 0 Å². The van der Waals surface area contributed by atoms with Crippen LogP contribution in [0.5, 0.6) is 0 Å². The van der Waals surface area contributed by atoms with Gasteiger partial charge in [0.15, 0.2) is 0 Å². The Hall–Kier alpha value is -1.42. The molecule has 0 radical (unpaired) electrons. The van der Waals surface area contributed by atoms with Crippen molar-refractivity contribution in [2.24, 2.45) is 0 Å². The van der Waals surface area contributed by atoms with Crippen molar-refractivity contribution in [3.05, 3.63) is 52.5 Å². The summed E-state index contributed by atoms with van der Waals surface area (Å²) in [4.78, 5) is 2.81. The lowest BCUT2D eigenvalue weighted by atomic mass is 10.1. The van der Waals surface area contributed by atoms with E-state index in [0.717, 1.165) is 28.6 Å². The Kier molecular flexibility index (Phi) is 6.96. The quantitative estimate of drug-likeness (QED) is 0.559. The zero-order valence-corrected chi connectivity index (χ0v) is 18.9. The van der Waals surface area contributed by atoms with Crippen LogP contribution in [0, 0.1) is 13.8 Å². The smallest absolute Gasteiger partial charge is 0.369 e. The number of nitrogens with zero attached hydrogens (tertiary/aromatic N) is 2. The molecule has 1 heterocycles. The van der Waals surface area contributed by atoms with Crippen molar-refractivity contribution in [2.75, 3.05) is 36.8 Å². The summed E-state index contributed by atoms with van der Waals surface area (Å²) in [6.45, 7) is 5.22. The molecule has 0 saturated carbocycles. The molecule has 164 valence electrons. The first kappa shape index (κ1) is 23.2. The summed E-state index contributed by atoms with van der Waals surface area (Å²) in [6, 6.07) is 9.72. The average Bonchev–Trinajstić information content (AvgIpc) is 2.67. The number of piperazine rings is 1.